The van der Waals surface area contributed by atoms with Gasteiger partial charge < -0.3 is 0 Å². The zero-order valence-electron chi connectivity index (χ0n) is 8.21. The predicted molar refractivity (Wildman–Crippen MR) is 61.7 cm³/mol. The summed E-state index contributed by atoms with van der Waals surface area (Å²) >= 11 is 11.8. The van der Waals surface area contributed by atoms with Crippen molar-refractivity contribution in [3.8, 4) is 0 Å². The fraction of sp³-hybridized carbons (Fsp3) is 0.200. The van der Waals surface area contributed by atoms with Gasteiger partial charge in [-0.1, -0.05) is 11.6 Å². The molecule has 0 saturated carbocycles. The van der Waals surface area contributed by atoms with Gasteiger partial charge in [-0.2, -0.15) is 0 Å². The maximum absolute atomic E-state index is 11.8. The van der Waals surface area contributed by atoms with E-state index in [2.05, 4.69) is 4.98 Å². The van der Waals surface area contributed by atoms with E-state index >= 15 is 0 Å². The second kappa shape index (κ2) is 3.51. The molecule has 0 unspecified atom stereocenters. The quantitative estimate of drug-likeness (QED) is 0.666. The third-order valence-corrected chi connectivity index (χ3v) is 2.85. The van der Waals surface area contributed by atoms with Gasteiger partial charge in [0.15, 0.2) is 0 Å². The SMILES string of the molecule is Cc1cc(Cl)c2nc(Cl)n(C)c(=O)c2c1. The summed E-state index contributed by atoms with van der Waals surface area (Å²) in [5.74, 6) is 0. The van der Waals surface area contributed by atoms with Crippen LogP contribution in [0.5, 0.6) is 0 Å². The Hall–Kier alpha value is -1.06. The van der Waals surface area contributed by atoms with E-state index in [1.54, 1.807) is 19.2 Å². The molecule has 5 heteroatoms. The topological polar surface area (TPSA) is 34.9 Å². The minimum Gasteiger partial charge on any atom is -0.286 e. The van der Waals surface area contributed by atoms with E-state index in [1.165, 1.54) is 4.57 Å². The zero-order chi connectivity index (χ0) is 11.2. The summed E-state index contributed by atoms with van der Waals surface area (Å²) < 4.78 is 1.29. The van der Waals surface area contributed by atoms with Crippen LogP contribution in [0.1, 0.15) is 5.56 Å². The minimum atomic E-state index is -0.185. The highest BCUT2D eigenvalue weighted by Crippen LogP contribution is 2.22. The van der Waals surface area contributed by atoms with Crippen LogP contribution >= 0.6 is 23.2 Å². The molecular weight excluding hydrogens is 235 g/mol. The van der Waals surface area contributed by atoms with Crippen LogP contribution in [-0.4, -0.2) is 9.55 Å². The molecule has 0 amide bonds. The summed E-state index contributed by atoms with van der Waals surface area (Å²) in [6.45, 7) is 1.87. The number of aryl methyl sites for hydroxylation is 1. The van der Waals surface area contributed by atoms with Crippen molar-refractivity contribution >= 4 is 34.1 Å². The van der Waals surface area contributed by atoms with Crippen LogP contribution in [-0.2, 0) is 7.05 Å². The molecule has 0 fully saturated rings. The van der Waals surface area contributed by atoms with Crippen molar-refractivity contribution in [2.45, 2.75) is 6.92 Å². The first-order chi connectivity index (χ1) is 7.00. The number of rotatable bonds is 0. The van der Waals surface area contributed by atoms with E-state index in [1.807, 2.05) is 6.92 Å². The number of hydrogen-bond acceptors (Lipinski definition) is 2. The van der Waals surface area contributed by atoms with Gasteiger partial charge >= 0.3 is 0 Å². The highest BCUT2D eigenvalue weighted by molar-refractivity contribution is 6.35. The molecule has 0 spiro atoms. The van der Waals surface area contributed by atoms with Gasteiger partial charge in [0, 0.05) is 7.05 Å². The largest absolute Gasteiger partial charge is 0.286 e. The van der Waals surface area contributed by atoms with Crippen molar-refractivity contribution in [3.63, 3.8) is 0 Å². The normalized spacial score (nSPS) is 10.9. The lowest BCUT2D eigenvalue weighted by Crippen LogP contribution is -2.18. The standard InChI is InChI=1S/C10H8Cl2N2O/c1-5-3-6-8(7(11)4-5)13-10(12)14(2)9(6)15/h3-4H,1-2H3. The lowest BCUT2D eigenvalue weighted by atomic mass is 10.2. The molecule has 3 nitrogen and oxygen atoms in total. The van der Waals surface area contributed by atoms with E-state index in [-0.39, 0.29) is 10.8 Å². The number of fused-ring (bicyclic) bond motifs is 1. The highest BCUT2D eigenvalue weighted by Gasteiger charge is 2.09. The van der Waals surface area contributed by atoms with E-state index in [9.17, 15) is 4.79 Å². The van der Waals surface area contributed by atoms with E-state index < -0.39 is 0 Å². The number of hydrogen-bond donors (Lipinski definition) is 0. The molecule has 0 N–H and O–H groups in total. The summed E-state index contributed by atoms with van der Waals surface area (Å²) in [6, 6.07) is 3.51. The second-order valence-electron chi connectivity index (χ2n) is 3.39. The zero-order valence-corrected chi connectivity index (χ0v) is 9.73. The van der Waals surface area contributed by atoms with Crippen LogP contribution in [0.3, 0.4) is 0 Å². The third-order valence-electron chi connectivity index (χ3n) is 2.22. The molecule has 2 rings (SSSR count). The van der Waals surface area contributed by atoms with Crippen LogP contribution in [0, 0.1) is 6.92 Å². The van der Waals surface area contributed by atoms with Gasteiger partial charge in [0.1, 0.15) is 0 Å². The summed E-state index contributed by atoms with van der Waals surface area (Å²) in [6.07, 6.45) is 0. The maximum Gasteiger partial charge on any atom is 0.262 e. The number of nitrogens with zero attached hydrogens (tertiary/aromatic N) is 2. The van der Waals surface area contributed by atoms with Gasteiger partial charge in [0.2, 0.25) is 5.28 Å². The summed E-state index contributed by atoms with van der Waals surface area (Å²) in [7, 11) is 1.58. The minimum absolute atomic E-state index is 0.137. The molecule has 0 aliphatic carbocycles. The molecule has 0 aliphatic heterocycles. The molecule has 78 valence electrons. The van der Waals surface area contributed by atoms with Gasteiger partial charge in [-0.15, -0.1) is 0 Å². The van der Waals surface area contributed by atoms with Gasteiger partial charge in [0.05, 0.1) is 15.9 Å². The first-order valence-corrected chi connectivity index (χ1v) is 5.08. The molecule has 0 radical (unpaired) electrons. The van der Waals surface area contributed by atoms with Gasteiger partial charge in [0.25, 0.3) is 5.56 Å². The Labute approximate surface area is 96.3 Å². The third kappa shape index (κ3) is 1.62. The Morgan fingerprint density at radius 2 is 2.00 bits per heavy atom. The van der Waals surface area contributed by atoms with E-state index in [0.29, 0.717) is 15.9 Å². The average molecular weight is 243 g/mol. The maximum atomic E-state index is 11.8. The molecular formula is C10H8Cl2N2O. The Morgan fingerprint density at radius 1 is 1.33 bits per heavy atom. The lowest BCUT2D eigenvalue weighted by Gasteiger charge is -2.05. The van der Waals surface area contributed by atoms with Crippen molar-refractivity contribution in [2.24, 2.45) is 7.05 Å². The molecule has 2 aromatic rings. The Kier molecular flexibility index (Phi) is 2.44. The van der Waals surface area contributed by atoms with Gasteiger partial charge in [-0.25, -0.2) is 4.98 Å². The molecule has 0 bridgehead atoms. The van der Waals surface area contributed by atoms with Crippen molar-refractivity contribution in [1.29, 1.82) is 0 Å². The van der Waals surface area contributed by atoms with Crippen molar-refractivity contribution in [1.82, 2.24) is 9.55 Å². The molecule has 1 aromatic heterocycles. The Morgan fingerprint density at radius 3 is 2.67 bits per heavy atom. The van der Waals surface area contributed by atoms with Crippen LogP contribution in [0.15, 0.2) is 16.9 Å². The Balaban J connectivity index is 3.06. The van der Waals surface area contributed by atoms with Crippen molar-refractivity contribution in [2.75, 3.05) is 0 Å². The fourth-order valence-corrected chi connectivity index (χ4v) is 1.92. The molecule has 1 aromatic carbocycles. The van der Waals surface area contributed by atoms with Gasteiger partial charge in [-0.3, -0.25) is 9.36 Å². The number of aromatic nitrogens is 2. The Bertz CT molecular complexity index is 604. The fourth-order valence-electron chi connectivity index (χ4n) is 1.44. The van der Waals surface area contributed by atoms with E-state index in [4.69, 9.17) is 23.2 Å². The number of benzene rings is 1. The van der Waals surface area contributed by atoms with Crippen LogP contribution in [0.4, 0.5) is 0 Å². The van der Waals surface area contributed by atoms with Crippen LogP contribution in [0.2, 0.25) is 10.3 Å². The first kappa shape index (κ1) is 10.5. The molecule has 0 atom stereocenters. The van der Waals surface area contributed by atoms with E-state index in [0.717, 1.165) is 5.56 Å². The monoisotopic (exact) mass is 242 g/mol. The highest BCUT2D eigenvalue weighted by atomic mass is 35.5. The molecule has 0 saturated heterocycles. The average Bonchev–Trinajstić information content (AvgIpc) is 2.17. The van der Waals surface area contributed by atoms with Crippen LogP contribution in [0.25, 0.3) is 10.9 Å². The van der Waals surface area contributed by atoms with Gasteiger partial charge in [-0.05, 0) is 36.2 Å². The smallest absolute Gasteiger partial charge is 0.262 e. The second-order valence-corrected chi connectivity index (χ2v) is 4.13. The molecule has 0 aliphatic rings. The summed E-state index contributed by atoms with van der Waals surface area (Å²) in [5.41, 5.74) is 1.19. The first-order valence-electron chi connectivity index (χ1n) is 4.33. The lowest BCUT2D eigenvalue weighted by molar-refractivity contribution is 0.844. The van der Waals surface area contributed by atoms with Crippen molar-refractivity contribution in [3.05, 3.63) is 38.4 Å². The van der Waals surface area contributed by atoms with Crippen LogP contribution < -0.4 is 5.56 Å². The summed E-state index contributed by atoms with van der Waals surface area (Å²) in [5, 5.41) is 1.08. The molecule has 1 heterocycles. The predicted octanol–water partition coefficient (Wildman–Crippen LogP) is 2.55. The number of halogens is 2. The van der Waals surface area contributed by atoms with Crippen molar-refractivity contribution < 1.29 is 0 Å². The molecule has 15 heavy (non-hydrogen) atoms. The summed E-state index contributed by atoms with van der Waals surface area (Å²) in [4.78, 5) is 15.9.